The standard InChI is InChI=1S/C13H16N4OS/c1-3-17(8-11(14)19)13(18)12-9-6-4-5-7-10(9)16(2)15-12/h4-7H,3,8H2,1-2H3,(H2,14,19). The zero-order valence-corrected chi connectivity index (χ0v) is 11.8. The molecule has 2 N–H and O–H groups in total. The van der Waals surface area contributed by atoms with Crippen molar-refractivity contribution in [2.75, 3.05) is 13.1 Å². The fraction of sp³-hybridized carbons (Fsp3) is 0.308. The number of nitrogens with zero attached hydrogens (tertiary/aromatic N) is 3. The number of nitrogens with two attached hydrogens (primary N) is 1. The van der Waals surface area contributed by atoms with Gasteiger partial charge in [0.05, 0.1) is 17.0 Å². The number of carbonyl (C=O) groups is 1. The maximum Gasteiger partial charge on any atom is 0.275 e. The van der Waals surface area contributed by atoms with Crippen LogP contribution in [0.3, 0.4) is 0 Å². The lowest BCUT2D eigenvalue weighted by atomic mass is 10.2. The van der Waals surface area contributed by atoms with Crippen molar-refractivity contribution in [1.82, 2.24) is 14.7 Å². The first-order valence-electron chi connectivity index (χ1n) is 6.04. The van der Waals surface area contributed by atoms with Gasteiger partial charge < -0.3 is 10.6 Å². The Bertz CT molecular complexity index is 635. The second kappa shape index (κ2) is 5.36. The number of amides is 1. The Hall–Kier alpha value is -1.95. The summed E-state index contributed by atoms with van der Waals surface area (Å²) in [6.07, 6.45) is 0. The van der Waals surface area contributed by atoms with Crippen LogP contribution in [-0.2, 0) is 7.05 Å². The summed E-state index contributed by atoms with van der Waals surface area (Å²) in [5.41, 5.74) is 6.88. The van der Waals surface area contributed by atoms with E-state index in [2.05, 4.69) is 5.10 Å². The third-order valence-corrected chi connectivity index (χ3v) is 3.11. The number of rotatable bonds is 4. The number of aryl methyl sites for hydroxylation is 1. The minimum Gasteiger partial charge on any atom is -0.392 e. The van der Waals surface area contributed by atoms with Crippen molar-refractivity contribution >= 4 is 34.0 Å². The monoisotopic (exact) mass is 276 g/mol. The highest BCUT2D eigenvalue weighted by molar-refractivity contribution is 7.80. The molecule has 1 heterocycles. The molecule has 1 aromatic carbocycles. The predicted octanol–water partition coefficient (Wildman–Crippen LogP) is 1.32. The van der Waals surface area contributed by atoms with E-state index in [-0.39, 0.29) is 12.5 Å². The average molecular weight is 276 g/mol. The summed E-state index contributed by atoms with van der Waals surface area (Å²) in [6.45, 7) is 2.71. The molecule has 0 aliphatic heterocycles. The van der Waals surface area contributed by atoms with Crippen LogP contribution < -0.4 is 5.73 Å². The van der Waals surface area contributed by atoms with Crippen LogP contribution in [0.4, 0.5) is 0 Å². The van der Waals surface area contributed by atoms with Gasteiger partial charge in [-0.05, 0) is 13.0 Å². The molecule has 5 nitrogen and oxygen atoms in total. The molecule has 0 radical (unpaired) electrons. The molecule has 0 spiro atoms. The number of carbonyl (C=O) groups excluding carboxylic acids is 1. The summed E-state index contributed by atoms with van der Waals surface area (Å²) >= 11 is 4.87. The van der Waals surface area contributed by atoms with E-state index in [1.807, 2.05) is 38.2 Å². The molecule has 0 saturated heterocycles. The highest BCUT2D eigenvalue weighted by Gasteiger charge is 2.21. The van der Waals surface area contributed by atoms with Crippen LogP contribution >= 0.6 is 12.2 Å². The van der Waals surface area contributed by atoms with Gasteiger partial charge in [0.2, 0.25) is 0 Å². The number of hydrogen-bond acceptors (Lipinski definition) is 3. The van der Waals surface area contributed by atoms with E-state index in [0.717, 1.165) is 10.9 Å². The van der Waals surface area contributed by atoms with Gasteiger partial charge in [0.15, 0.2) is 5.69 Å². The van der Waals surface area contributed by atoms with E-state index in [9.17, 15) is 4.79 Å². The summed E-state index contributed by atoms with van der Waals surface area (Å²) in [5, 5.41) is 5.15. The molecular formula is C13H16N4OS. The number of aromatic nitrogens is 2. The predicted molar refractivity (Wildman–Crippen MR) is 79.1 cm³/mol. The summed E-state index contributed by atoms with van der Waals surface area (Å²) < 4.78 is 1.71. The SMILES string of the molecule is CCN(CC(N)=S)C(=O)c1nn(C)c2ccccc12. The van der Waals surface area contributed by atoms with Crippen molar-refractivity contribution in [3.05, 3.63) is 30.0 Å². The van der Waals surface area contributed by atoms with E-state index >= 15 is 0 Å². The Morgan fingerprint density at radius 2 is 2.16 bits per heavy atom. The van der Waals surface area contributed by atoms with Crippen LogP contribution in [0.2, 0.25) is 0 Å². The summed E-state index contributed by atoms with van der Waals surface area (Å²) in [5.74, 6) is -0.146. The van der Waals surface area contributed by atoms with Crippen LogP contribution in [0.1, 0.15) is 17.4 Å². The second-order valence-electron chi connectivity index (χ2n) is 4.28. The molecular weight excluding hydrogens is 260 g/mol. The Balaban J connectivity index is 2.43. The normalized spacial score (nSPS) is 10.6. The highest BCUT2D eigenvalue weighted by atomic mass is 32.1. The van der Waals surface area contributed by atoms with Crippen molar-refractivity contribution in [3.63, 3.8) is 0 Å². The lowest BCUT2D eigenvalue weighted by molar-refractivity contribution is 0.0783. The van der Waals surface area contributed by atoms with Crippen LogP contribution in [-0.4, -0.2) is 38.7 Å². The van der Waals surface area contributed by atoms with Crippen molar-refractivity contribution in [3.8, 4) is 0 Å². The fourth-order valence-electron chi connectivity index (χ4n) is 2.04. The molecule has 0 atom stereocenters. The van der Waals surface area contributed by atoms with Crippen LogP contribution in [0, 0.1) is 0 Å². The van der Waals surface area contributed by atoms with Crippen LogP contribution in [0.5, 0.6) is 0 Å². The third-order valence-electron chi connectivity index (χ3n) is 2.98. The summed E-state index contributed by atoms with van der Waals surface area (Å²) in [7, 11) is 1.82. The van der Waals surface area contributed by atoms with Gasteiger partial charge in [-0.15, -0.1) is 0 Å². The Morgan fingerprint density at radius 1 is 1.47 bits per heavy atom. The van der Waals surface area contributed by atoms with E-state index in [1.54, 1.807) is 9.58 Å². The quantitative estimate of drug-likeness (QED) is 0.856. The molecule has 0 saturated carbocycles. The zero-order chi connectivity index (χ0) is 14.0. The lowest BCUT2D eigenvalue weighted by Gasteiger charge is -2.18. The fourth-order valence-corrected chi connectivity index (χ4v) is 2.19. The van der Waals surface area contributed by atoms with Gasteiger partial charge in [-0.1, -0.05) is 30.4 Å². The zero-order valence-electron chi connectivity index (χ0n) is 11.0. The average Bonchev–Trinajstić information content (AvgIpc) is 2.73. The topological polar surface area (TPSA) is 64.2 Å². The Morgan fingerprint density at radius 3 is 2.79 bits per heavy atom. The van der Waals surface area contributed by atoms with Gasteiger partial charge in [-0.2, -0.15) is 5.10 Å². The van der Waals surface area contributed by atoms with E-state index in [1.165, 1.54) is 0 Å². The summed E-state index contributed by atoms with van der Waals surface area (Å²) in [4.78, 5) is 14.4. The van der Waals surface area contributed by atoms with Gasteiger partial charge >= 0.3 is 0 Å². The molecule has 0 fully saturated rings. The third kappa shape index (κ3) is 2.58. The number of thiocarbonyl (C=S) groups is 1. The minimum absolute atomic E-state index is 0.146. The molecule has 100 valence electrons. The van der Waals surface area contributed by atoms with Gasteiger partial charge in [0.1, 0.15) is 0 Å². The Labute approximate surface area is 117 Å². The number of hydrogen-bond donors (Lipinski definition) is 1. The number of benzene rings is 1. The van der Waals surface area contributed by atoms with Crippen molar-refractivity contribution in [1.29, 1.82) is 0 Å². The van der Waals surface area contributed by atoms with Crippen LogP contribution in [0.25, 0.3) is 10.9 Å². The molecule has 0 unspecified atom stereocenters. The van der Waals surface area contributed by atoms with E-state index in [0.29, 0.717) is 17.2 Å². The first-order valence-corrected chi connectivity index (χ1v) is 6.44. The molecule has 0 aliphatic carbocycles. The van der Waals surface area contributed by atoms with Gasteiger partial charge in [-0.25, -0.2) is 0 Å². The molecule has 1 aromatic heterocycles. The molecule has 0 aliphatic rings. The van der Waals surface area contributed by atoms with Gasteiger partial charge in [0, 0.05) is 19.0 Å². The number of fused-ring (bicyclic) bond motifs is 1. The number of para-hydroxylation sites is 1. The first kappa shape index (κ1) is 13.5. The number of likely N-dealkylation sites (N-methyl/N-ethyl adjacent to an activating group) is 1. The van der Waals surface area contributed by atoms with Gasteiger partial charge in [0.25, 0.3) is 5.91 Å². The molecule has 2 rings (SSSR count). The van der Waals surface area contributed by atoms with Crippen LogP contribution in [0.15, 0.2) is 24.3 Å². The Kier molecular flexibility index (Phi) is 3.80. The molecule has 0 bridgehead atoms. The minimum atomic E-state index is -0.146. The smallest absolute Gasteiger partial charge is 0.275 e. The highest BCUT2D eigenvalue weighted by Crippen LogP contribution is 2.18. The lowest BCUT2D eigenvalue weighted by Crippen LogP contribution is -2.37. The maximum absolute atomic E-state index is 12.5. The van der Waals surface area contributed by atoms with E-state index in [4.69, 9.17) is 18.0 Å². The molecule has 6 heteroatoms. The van der Waals surface area contributed by atoms with Crippen molar-refractivity contribution < 1.29 is 4.79 Å². The van der Waals surface area contributed by atoms with Gasteiger partial charge in [-0.3, -0.25) is 9.48 Å². The molecule has 19 heavy (non-hydrogen) atoms. The van der Waals surface area contributed by atoms with Crippen molar-refractivity contribution in [2.45, 2.75) is 6.92 Å². The molecule has 2 aromatic rings. The van der Waals surface area contributed by atoms with Crippen molar-refractivity contribution in [2.24, 2.45) is 12.8 Å². The largest absolute Gasteiger partial charge is 0.392 e. The first-order chi connectivity index (χ1) is 9.04. The summed E-state index contributed by atoms with van der Waals surface area (Å²) in [6, 6.07) is 7.64. The maximum atomic E-state index is 12.5. The van der Waals surface area contributed by atoms with E-state index < -0.39 is 0 Å². The molecule has 1 amide bonds. The second-order valence-corrected chi connectivity index (χ2v) is 4.80.